The van der Waals surface area contributed by atoms with Crippen LogP contribution in [0.3, 0.4) is 0 Å². The van der Waals surface area contributed by atoms with E-state index in [1.165, 1.54) is 49.2 Å². The van der Waals surface area contributed by atoms with Gasteiger partial charge in [-0.3, -0.25) is 0 Å². The molecular formula is C14H19N3S. The van der Waals surface area contributed by atoms with Crippen molar-refractivity contribution in [3.05, 3.63) is 23.8 Å². The van der Waals surface area contributed by atoms with Crippen molar-refractivity contribution in [2.75, 3.05) is 25.4 Å². The molecule has 0 spiro atoms. The van der Waals surface area contributed by atoms with E-state index < -0.39 is 0 Å². The van der Waals surface area contributed by atoms with Crippen molar-refractivity contribution in [2.24, 2.45) is 0 Å². The maximum atomic E-state index is 5.73. The summed E-state index contributed by atoms with van der Waals surface area (Å²) in [6, 6.07) is 6.52. The summed E-state index contributed by atoms with van der Waals surface area (Å²) in [7, 11) is 0. The van der Waals surface area contributed by atoms with Crippen molar-refractivity contribution in [1.29, 1.82) is 0 Å². The van der Waals surface area contributed by atoms with Crippen LogP contribution in [0.2, 0.25) is 0 Å². The first kappa shape index (κ1) is 11.9. The number of thiazole rings is 1. The first-order chi connectivity index (χ1) is 8.81. The minimum absolute atomic E-state index is 0.665. The van der Waals surface area contributed by atoms with Gasteiger partial charge < -0.3 is 10.6 Å². The third kappa shape index (κ3) is 2.65. The fraction of sp³-hybridized carbons (Fsp3) is 0.500. The minimum atomic E-state index is 0.665. The number of rotatable bonds is 3. The van der Waals surface area contributed by atoms with E-state index in [-0.39, 0.29) is 0 Å². The molecule has 0 aliphatic carbocycles. The van der Waals surface area contributed by atoms with Gasteiger partial charge in [0.15, 0.2) is 5.13 Å². The number of benzene rings is 1. The van der Waals surface area contributed by atoms with Gasteiger partial charge in [-0.05, 0) is 50.0 Å². The fourth-order valence-corrected chi connectivity index (χ4v) is 3.41. The van der Waals surface area contributed by atoms with Crippen molar-refractivity contribution in [3.63, 3.8) is 0 Å². The number of aromatic nitrogens is 1. The lowest BCUT2D eigenvalue weighted by Crippen LogP contribution is -2.31. The molecular weight excluding hydrogens is 242 g/mol. The molecule has 18 heavy (non-hydrogen) atoms. The zero-order valence-electron chi connectivity index (χ0n) is 10.6. The summed E-state index contributed by atoms with van der Waals surface area (Å²) < 4.78 is 1.21. The highest BCUT2D eigenvalue weighted by molar-refractivity contribution is 7.22. The maximum absolute atomic E-state index is 5.73. The summed E-state index contributed by atoms with van der Waals surface area (Å²) in [6.45, 7) is 3.73. The van der Waals surface area contributed by atoms with Crippen LogP contribution in [0, 0.1) is 0 Å². The van der Waals surface area contributed by atoms with Crippen molar-refractivity contribution in [3.8, 4) is 0 Å². The quantitative estimate of drug-likeness (QED) is 0.923. The Morgan fingerprint density at radius 2 is 2.06 bits per heavy atom. The molecule has 1 aliphatic heterocycles. The number of likely N-dealkylation sites (tertiary alicyclic amines) is 1. The largest absolute Gasteiger partial charge is 0.375 e. The second kappa shape index (κ2) is 5.24. The summed E-state index contributed by atoms with van der Waals surface area (Å²) in [4.78, 5) is 6.87. The van der Waals surface area contributed by atoms with Gasteiger partial charge in [0.2, 0.25) is 0 Å². The Morgan fingerprint density at radius 1 is 1.22 bits per heavy atom. The summed E-state index contributed by atoms with van der Waals surface area (Å²) in [5.74, 6) is 0. The molecule has 2 heterocycles. The molecule has 2 aromatic rings. The van der Waals surface area contributed by atoms with Crippen LogP contribution in [0.25, 0.3) is 10.2 Å². The molecule has 3 rings (SSSR count). The lowest BCUT2D eigenvalue weighted by molar-refractivity contribution is 0.231. The zero-order chi connectivity index (χ0) is 12.4. The molecule has 0 atom stereocenters. The summed E-state index contributed by atoms with van der Waals surface area (Å²) in [5.41, 5.74) is 8.16. The van der Waals surface area contributed by atoms with Gasteiger partial charge in [-0.1, -0.05) is 23.8 Å². The van der Waals surface area contributed by atoms with E-state index in [1.54, 1.807) is 11.3 Å². The van der Waals surface area contributed by atoms with Crippen molar-refractivity contribution in [2.45, 2.75) is 25.7 Å². The number of anilines is 1. The van der Waals surface area contributed by atoms with Gasteiger partial charge in [-0.2, -0.15) is 0 Å². The zero-order valence-corrected chi connectivity index (χ0v) is 11.4. The first-order valence-electron chi connectivity index (χ1n) is 6.68. The predicted octanol–water partition coefficient (Wildman–Crippen LogP) is 2.91. The molecule has 0 bridgehead atoms. The number of fused-ring (bicyclic) bond motifs is 1. The monoisotopic (exact) mass is 261 g/mol. The fourth-order valence-electron chi connectivity index (χ4n) is 2.61. The standard InChI is InChI=1S/C14H19N3S/c15-14-16-12-5-4-11(10-13(12)18-14)6-9-17-7-2-1-3-8-17/h4-5,10H,1-3,6-9H2,(H2,15,16). The average Bonchev–Trinajstić information content (AvgIpc) is 2.77. The van der Waals surface area contributed by atoms with Gasteiger partial charge >= 0.3 is 0 Å². The van der Waals surface area contributed by atoms with E-state index in [2.05, 4.69) is 28.1 Å². The van der Waals surface area contributed by atoms with Crippen LogP contribution in [0.1, 0.15) is 24.8 Å². The minimum Gasteiger partial charge on any atom is -0.375 e. The van der Waals surface area contributed by atoms with Crippen molar-refractivity contribution in [1.82, 2.24) is 9.88 Å². The molecule has 1 aromatic carbocycles. The van der Waals surface area contributed by atoms with Gasteiger partial charge in [0.25, 0.3) is 0 Å². The summed E-state index contributed by atoms with van der Waals surface area (Å²) >= 11 is 1.58. The lowest BCUT2D eigenvalue weighted by Gasteiger charge is -2.26. The highest BCUT2D eigenvalue weighted by Gasteiger charge is 2.10. The van der Waals surface area contributed by atoms with Crippen LogP contribution >= 0.6 is 11.3 Å². The van der Waals surface area contributed by atoms with Crippen LogP contribution in [0.4, 0.5) is 5.13 Å². The number of piperidine rings is 1. The molecule has 1 aromatic heterocycles. The predicted molar refractivity (Wildman–Crippen MR) is 78.0 cm³/mol. The van der Waals surface area contributed by atoms with Crippen LogP contribution < -0.4 is 5.73 Å². The Labute approximate surface area is 112 Å². The molecule has 1 saturated heterocycles. The molecule has 0 amide bonds. The maximum Gasteiger partial charge on any atom is 0.181 e. The van der Waals surface area contributed by atoms with Gasteiger partial charge in [0.05, 0.1) is 10.2 Å². The van der Waals surface area contributed by atoms with Crippen molar-refractivity contribution >= 4 is 26.7 Å². The molecule has 96 valence electrons. The van der Waals surface area contributed by atoms with Crippen LogP contribution in [-0.4, -0.2) is 29.5 Å². The van der Waals surface area contributed by atoms with E-state index in [0.717, 1.165) is 11.9 Å². The topological polar surface area (TPSA) is 42.1 Å². The molecule has 2 N–H and O–H groups in total. The molecule has 4 heteroatoms. The van der Waals surface area contributed by atoms with Gasteiger partial charge in [0.1, 0.15) is 0 Å². The van der Waals surface area contributed by atoms with E-state index in [0.29, 0.717) is 5.13 Å². The van der Waals surface area contributed by atoms with E-state index in [4.69, 9.17) is 5.73 Å². The molecule has 1 aliphatic rings. The Balaban J connectivity index is 1.66. The normalized spacial score (nSPS) is 17.3. The highest BCUT2D eigenvalue weighted by atomic mass is 32.1. The number of nitrogens with two attached hydrogens (primary N) is 1. The van der Waals surface area contributed by atoms with Gasteiger partial charge in [-0.15, -0.1) is 0 Å². The van der Waals surface area contributed by atoms with Gasteiger partial charge in [-0.25, -0.2) is 4.98 Å². The van der Waals surface area contributed by atoms with Crippen LogP contribution in [-0.2, 0) is 6.42 Å². The third-order valence-electron chi connectivity index (χ3n) is 3.63. The van der Waals surface area contributed by atoms with Crippen LogP contribution in [0.5, 0.6) is 0 Å². The Hall–Kier alpha value is -1.13. The summed E-state index contributed by atoms with van der Waals surface area (Å²) in [5, 5.41) is 0.665. The smallest absolute Gasteiger partial charge is 0.181 e. The molecule has 0 saturated carbocycles. The second-order valence-corrected chi connectivity index (χ2v) is 6.07. The molecule has 0 radical (unpaired) electrons. The second-order valence-electron chi connectivity index (χ2n) is 5.01. The van der Waals surface area contributed by atoms with Crippen LogP contribution in [0.15, 0.2) is 18.2 Å². The molecule has 1 fully saturated rings. The highest BCUT2D eigenvalue weighted by Crippen LogP contribution is 2.24. The Kier molecular flexibility index (Phi) is 3.48. The number of nitrogen functional groups attached to an aromatic ring is 1. The molecule has 0 unspecified atom stereocenters. The van der Waals surface area contributed by atoms with E-state index in [1.807, 2.05) is 0 Å². The first-order valence-corrected chi connectivity index (χ1v) is 7.50. The van der Waals surface area contributed by atoms with E-state index in [9.17, 15) is 0 Å². The Morgan fingerprint density at radius 3 is 2.89 bits per heavy atom. The lowest BCUT2D eigenvalue weighted by atomic mass is 10.1. The third-order valence-corrected chi connectivity index (χ3v) is 4.48. The number of hydrogen-bond acceptors (Lipinski definition) is 4. The number of hydrogen-bond donors (Lipinski definition) is 1. The average molecular weight is 261 g/mol. The van der Waals surface area contributed by atoms with Gasteiger partial charge in [0, 0.05) is 6.54 Å². The molecule has 3 nitrogen and oxygen atoms in total. The van der Waals surface area contributed by atoms with Crippen molar-refractivity contribution < 1.29 is 0 Å². The number of nitrogens with zero attached hydrogens (tertiary/aromatic N) is 2. The summed E-state index contributed by atoms with van der Waals surface area (Å²) in [6.07, 6.45) is 5.27. The Bertz CT molecular complexity index is 529. The SMILES string of the molecule is Nc1nc2ccc(CCN3CCCCC3)cc2s1. The van der Waals surface area contributed by atoms with E-state index >= 15 is 0 Å².